The van der Waals surface area contributed by atoms with E-state index >= 15 is 0 Å². The number of benzene rings is 1. The molecule has 1 aliphatic heterocycles. The summed E-state index contributed by atoms with van der Waals surface area (Å²) in [6.45, 7) is 5.04. The smallest absolute Gasteiger partial charge is 0.252 e. The number of amides is 1. The molecule has 1 aliphatic rings. The highest BCUT2D eigenvalue weighted by atomic mass is 32.1. The lowest BCUT2D eigenvalue weighted by Gasteiger charge is -2.27. The number of fused-ring (bicyclic) bond motifs is 1. The van der Waals surface area contributed by atoms with E-state index < -0.39 is 0 Å². The molecule has 1 saturated heterocycles. The second-order valence-corrected chi connectivity index (χ2v) is 8.96. The second-order valence-electron chi connectivity index (χ2n) is 6.98. The zero-order valence-corrected chi connectivity index (χ0v) is 18.6. The number of morpholine rings is 1. The minimum atomic E-state index is -0.0450. The van der Waals surface area contributed by atoms with Crippen LogP contribution in [0.5, 0.6) is 5.75 Å². The number of hydrogen-bond donors (Lipinski definition) is 0. The van der Waals surface area contributed by atoms with Crippen molar-refractivity contribution < 1.29 is 14.3 Å². The molecule has 0 bridgehead atoms. The zero-order valence-electron chi connectivity index (χ0n) is 17.0. The maximum atomic E-state index is 13.1. The van der Waals surface area contributed by atoms with Crippen molar-refractivity contribution >= 4 is 50.0 Å². The predicted octanol–water partition coefficient (Wildman–Crippen LogP) is 4.14. The third kappa shape index (κ3) is 5.26. The Kier molecular flexibility index (Phi) is 7.11. The van der Waals surface area contributed by atoms with Crippen molar-refractivity contribution in [2.45, 2.75) is 6.42 Å². The summed E-state index contributed by atoms with van der Waals surface area (Å²) in [7, 11) is 1.65. The van der Waals surface area contributed by atoms with Crippen LogP contribution in [0.3, 0.4) is 0 Å². The second kappa shape index (κ2) is 10.2. The summed E-state index contributed by atoms with van der Waals surface area (Å²) < 4.78 is 11.8. The van der Waals surface area contributed by atoms with Crippen LogP contribution in [-0.4, -0.2) is 62.3 Å². The minimum absolute atomic E-state index is 0.0450. The Morgan fingerprint density at radius 3 is 2.97 bits per heavy atom. The Morgan fingerprint density at radius 2 is 2.20 bits per heavy atom. The van der Waals surface area contributed by atoms with Crippen molar-refractivity contribution in [3.63, 3.8) is 0 Å². The Bertz CT molecular complexity index is 994. The first-order valence-electron chi connectivity index (χ1n) is 10.0. The van der Waals surface area contributed by atoms with Crippen LogP contribution in [0.2, 0.25) is 0 Å². The van der Waals surface area contributed by atoms with E-state index in [2.05, 4.69) is 4.90 Å². The third-order valence-corrected chi connectivity index (χ3v) is 6.85. The van der Waals surface area contributed by atoms with Gasteiger partial charge < -0.3 is 9.47 Å². The van der Waals surface area contributed by atoms with Crippen LogP contribution in [-0.2, 0) is 9.53 Å². The van der Waals surface area contributed by atoms with Crippen molar-refractivity contribution in [1.29, 1.82) is 0 Å². The van der Waals surface area contributed by atoms with Gasteiger partial charge in [-0.25, -0.2) is 4.98 Å². The Labute approximate surface area is 184 Å². The summed E-state index contributed by atoms with van der Waals surface area (Å²) in [6, 6.07) is 9.78. The van der Waals surface area contributed by atoms with Crippen LogP contribution in [0.15, 0.2) is 41.8 Å². The van der Waals surface area contributed by atoms with Crippen LogP contribution >= 0.6 is 22.7 Å². The first-order chi connectivity index (χ1) is 14.7. The lowest BCUT2D eigenvalue weighted by atomic mass is 10.3. The number of thiazole rings is 1. The highest BCUT2D eigenvalue weighted by Crippen LogP contribution is 2.32. The minimum Gasteiger partial charge on any atom is -0.497 e. The average molecular weight is 444 g/mol. The maximum absolute atomic E-state index is 13.1. The molecule has 30 heavy (non-hydrogen) atoms. The molecule has 3 heterocycles. The summed E-state index contributed by atoms with van der Waals surface area (Å²) in [5.74, 6) is 0.747. The Hall–Kier alpha value is -2.26. The maximum Gasteiger partial charge on any atom is 0.252 e. The van der Waals surface area contributed by atoms with Crippen LogP contribution in [0.1, 0.15) is 11.3 Å². The molecule has 3 aromatic rings. The zero-order chi connectivity index (χ0) is 20.8. The lowest BCUT2D eigenvalue weighted by Crippen LogP contribution is -2.39. The largest absolute Gasteiger partial charge is 0.497 e. The molecule has 2 aromatic heterocycles. The number of anilines is 1. The van der Waals surface area contributed by atoms with E-state index in [0.29, 0.717) is 6.54 Å². The van der Waals surface area contributed by atoms with E-state index in [-0.39, 0.29) is 5.91 Å². The molecule has 158 valence electrons. The highest BCUT2D eigenvalue weighted by Gasteiger charge is 2.19. The molecule has 0 radical (unpaired) electrons. The third-order valence-electron chi connectivity index (χ3n) is 4.97. The van der Waals surface area contributed by atoms with Gasteiger partial charge in [0.15, 0.2) is 5.13 Å². The lowest BCUT2D eigenvalue weighted by molar-refractivity contribution is -0.114. The van der Waals surface area contributed by atoms with Gasteiger partial charge in [0.25, 0.3) is 5.91 Å². The summed E-state index contributed by atoms with van der Waals surface area (Å²) in [4.78, 5) is 23.0. The molecule has 8 heteroatoms. The molecule has 0 saturated carbocycles. The molecule has 4 rings (SSSR count). The number of aromatic nitrogens is 1. The highest BCUT2D eigenvalue weighted by molar-refractivity contribution is 7.22. The van der Waals surface area contributed by atoms with Gasteiger partial charge in [-0.1, -0.05) is 17.4 Å². The van der Waals surface area contributed by atoms with Gasteiger partial charge in [-0.05, 0) is 42.1 Å². The fraction of sp³-hybridized carbons (Fsp3) is 0.364. The number of ether oxygens (including phenoxy) is 2. The summed E-state index contributed by atoms with van der Waals surface area (Å²) >= 11 is 3.14. The molecule has 0 atom stereocenters. The monoisotopic (exact) mass is 443 g/mol. The number of hydrogen-bond acceptors (Lipinski definition) is 7. The first kappa shape index (κ1) is 21.0. The summed E-state index contributed by atoms with van der Waals surface area (Å²) in [6.07, 6.45) is 4.41. The van der Waals surface area contributed by atoms with E-state index in [1.54, 1.807) is 29.4 Å². The first-order valence-corrected chi connectivity index (χ1v) is 11.7. The standard InChI is InChI=1S/C22H25N3O3S2/c1-27-17-5-7-19-20(16-17)30-22(23-19)25(10-3-9-24-11-13-28-14-12-24)21(26)8-6-18-4-2-15-29-18/h2,4-8,15-16H,3,9-14H2,1H3/b8-6+. The fourth-order valence-electron chi connectivity index (χ4n) is 3.34. The number of rotatable bonds is 8. The molecule has 1 fully saturated rings. The number of thiophene rings is 1. The van der Waals surface area contributed by atoms with Gasteiger partial charge in [-0.3, -0.25) is 14.6 Å². The predicted molar refractivity (Wildman–Crippen MR) is 124 cm³/mol. The molecule has 0 spiro atoms. The fourth-order valence-corrected chi connectivity index (χ4v) is 4.99. The van der Waals surface area contributed by atoms with Crippen LogP contribution in [0.25, 0.3) is 16.3 Å². The van der Waals surface area contributed by atoms with Crippen molar-refractivity contribution in [3.8, 4) is 5.75 Å². The van der Waals surface area contributed by atoms with Crippen LogP contribution in [0.4, 0.5) is 5.13 Å². The molecule has 1 amide bonds. The van der Waals surface area contributed by atoms with Crippen molar-refractivity contribution in [3.05, 3.63) is 46.7 Å². The van der Waals surface area contributed by atoms with Gasteiger partial charge in [0.05, 0.1) is 30.5 Å². The van der Waals surface area contributed by atoms with Crippen molar-refractivity contribution in [2.24, 2.45) is 0 Å². The van der Waals surface area contributed by atoms with E-state index in [1.807, 2.05) is 41.8 Å². The molecule has 0 unspecified atom stereocenters. The summed E-state index contributed by atoms with van der Waals surface area (Å²) in [5, 5.41) is 2.73. The molecule has 6 nitrogen and oxygen atoms in total. The van der Waals surface area contributed by atoms with E-state index in [0.717, 1.165) is 65.2 Å². The van der Waals surface area contributed by atoms with Crippen molar-refractivity contribution in [2.75, 3.05) is 51.4 Å². The van der Waals surface area contributed by atoms with Gasteiger partial charge in [-0.15, -0.1) is 11.3 Å². The van der Waals surface area contributed by atoms with Gasteiger partial charge in [0.2, 0.25) is 0 Å². The SMILES string of the molecule is COc1ccc2nc(N(CCCN3CCOCC3)C(=O)/C=C/c3cccs3)sc2c1. The van der Waals surface area contributed by atoms with Gasteiger partial charge in [0, 0.05) is 37.1 Å². The van der Waals surface area contributed by atoms with Crippen LogP contribution < -0.4 is 9.64 Å². The molecular weight excluding hydrogens is 418 g/mol. The number of methoxy groups -OCH3 is 1. The molecule has 0 aliphatic carbocycles. The van der Waals surface area contributed by atoms with Gasteiger partial charge in [0.1, 0.15) is 5.75 Å². The number of carbonyl (C=O) groups is 1. The molecule has 1 aromatic carbocycles. The number of nitrogens with zero attached hydrogens (tertiary/aromatic N) is 3. The van der Waals surface area contributed by atoms with E-state index in [1.165, 1.54) is 11.3 Å². The Balaban J connectivity index is 1.51. The normalized spacial score (nSPS) is 15.1. The van der Waals surface area contributed by atoms with Gasteiger partial charge in [-0.2, -0.15) is 0 Å². The number of carbonyl (C=O) groups excluding carboxylic acids is 1. The van der Waals surface area contributed by atoms with Crippen molar-refractivity contribution in [1.82, 2.24) is 9.88 Å². The molecule has 0 N–H and O–H groups in total. The average Bonchev–Trinajstić information content (AvgIpc) is 3.44. The van der Waals surface area contributed by atoms with Gasteiger partial charge >= 0.3 is 0 Å². The quantitative estimate of drug-likeness (QED) is 0.490. The Morgan fingerprint density at radius 1 is 1.33 bits per heavy atom. The van der Waals surface area contributed by atoms with Crippen LogP contribution in [0, 0.1) is 0 Å². The van der Waals surface area contributed by atoms with E-state index in [9.17, 15) is 4.79 Å². The summed E-state index contributed by atoms with van der Waals surface area (Å²) in [5.41, 5.74) is 0.879. The molecular formula is C22H25N3O3S2. The topological polar surface area (TPSA) is 54.9 Å². The van der Waals surface area contributed by atoms with E-state index in [4.69, 9.17) is 14.5 Å².